The molecule has 3 rings (SSSR count). The summed E-state index contributed by atoms with van der Waals surface area (Å²) in [5, 5.41) is 13.1. The third-order valence-electron chi connectivity index (χ3n) is 3.49. The maximum absolute atomic E-state index is 5.90. The second kappa shape index (κ2) is 4.61. The molecule has 17 heavy (non-hydrogen) atoms. The summed E-state index contributed by atoms with van der Waals surface area (Å²) in [6.07, 6.45) is 7.63. The zero-order valence-electron chi connectivity index (χ0n) is 9.64. The van der Waals surface area contributed by atoms with Crippen molar-refractivity contribution in [2.75, 3.05) is 0 Å². The molecule has 5 heteroatoms. The van der Waals surface area contributed by atoms with Crippen LogP contribution in [0.2, 0.25) is 5.15 Å². The molecule has 2 aromatic heterocycles. The van der Waals surface area contributed by atoms with Gasteiger partial charge >= 0.3 is 0 Å². The Morgan fingerprint density at radius 3 is 2.82 bits per heavy atom. The minimum Gasteiger partial charge on any atom is -0.196 e. The normalized spacial score (nSPS) is 17.7. The Hall–Kier alpha value is -1.16. The number of fused-ring (bicyclic) bond motifs is 1. The fraction of sp³-hybridized carbons (Fsp3) is 0.583. The Kier molecular flexibility index (Phi) is 2.97. The second-order valence-corrected chi connectivity index (χ2v) is 5.14. The number of halogens is 1. The van der Waals surface area contributed by atoms with Gasteiger partial charge in [0.15, 0.2) is 11.5 Å². The molecule has 0 bridgehead atoms. The van der Waals surface area contributed by atoms with Gasteiger partial charge in [0.2, 0.25) is 0 Å². The summed E-state index contributed by atoms with van der Waals surface area (Å²) in [6.45, 7) is 0. The summed E-state index contributed by atoms with van der Waals surface area (Å²) in [4.78, 5) is 0. The molecule has 0 N–H and O–H groups in total. The van der Waals surface area contributed by atoms with Crippen LogP contribution in [0, 0.1) is 5.92 Å². The van der Waals surface area contributed by atoms with Gasteiger partial charge in [-0.3, -0.25) is 0 Å². The number of hydrogen-bond acceptors (Lipinski definition) is 3. The number of hydrogen-bond donors (Lipinski definition) is 0. The average molecular weight is 251 g/mol. The highest BCUT2D eigenvalue weighted by Gasteiger charge is 2.17. The van der Waals surface area contributed by atoms with Gasteiger partial charge in [-0.15, -0.1) is 10.2 Å². The topological polar surface area (TPSA) is 43.1 Å². The van der Waals surface area contributed by atoms with E-state index in [9.17, 15) is 0 Å². The van der Waals surface area contributed by atoms with Gasteiger partial charge < -0.3 is 0 Å². The molecule has 0 radical (unpaired) electrons. The summed E-state index contributed by atoms with van der Waals surface area (Å²) in [6, 6.07) is 3.60. The Morgan fingerprint density at radius 2 is 2.00 bits per heavy atom. The Morgan fingerprint density at radius 1 is 1.18 bits per heavy atom. The molecule has 0 amide bonds. The lowest BCUT2D eigenvalue weighted by Crippen LogP contribution is -2.12. The standard InChI is InChI=1S/C12H15ClN4/c13-10-6-7-11-14-15-12(17(11)16-10)8-9-4-2-1-3-5-9/h6-7,9H,1-5,8H2. The molecule has 1 aliphatic carbocycles. The van der Waals surface area contributed by atoms with E-state index < -0.39 is 0 Å². The molecule has 2 aromatic rings. The molecule has 0 aromatic carbocycles. The van der Waals surface area contributed by atoms with Crippen LogP contribution in [-0.4, -0.2) is 19.8 Å². The van der Waals surface area contributed by atoms with Crippen LogP contribution in [0.5, 0.6) is 0 Å². The summed E-state index contributed by atoms with van der Waals surface area (Å²) >= 11 is 5.90. The highest BCUT2D eigenvalue weighted by Crippen LogP contribution is 2.26. The van der Waals surface area contributed by atoms with E-state index in [0.717, 1.165) is 23.8 Å². The molecular weight excluding hydrogens is 236 g/mol. The van der Waals surface area contributed by atoms with Crippen molar-refractivity contribution >= 4 is 17.2 Å². The molecule has 90 valence electrons. The number of nitrogens with zero attached hydrogens (tertiary/aromatic N) is 4. The quantitative estimate of drug-likeness (QED) is 0.823. The molecule has 0 spiro atoms. The van der Waals surface area contributed by atoms with Crippen molar-refractivity contribution in [3.63, 3.8) is 0 Å². The third-order valence-corrected chi connectivity index (χ3v) is 3.69. The van der Waals surface area contributed by atoms with E-state index in [1.54, 1.807) is 10.6 Å². The Labute approximate surface area is 105 Å². The minimum atomic E-state index is 0.488. The first kappa shape index (κ1) is 11.0. The van der Waals surface area contributed by atoms with Gasteiger partial charge in [0.1, 0.15) is 5.15 Å². The monoisotopic (exact) mass is 250 g/mol. The number of rotatable bonds is 2. The van der Waals surface area contributed by atoms with Crippen LogP contribution in [0.4, 0.5) is 0 Å². The van der Waals surface area contributed by atoms with E-state index in [1.165, 1.54) is 32.1 Å². The maximum atomic E-state index is 5.90. The molecule has 4 nitrogen and oxygen atoms in total. The van der Waals surface area contributed by atoms with E-state index in [4.69, 9.17) is 11.6 Å². The first-order chi connectivity index (χ1) is 8.33. The first-order valence-corrected chi connectivity index (χ1v) is 6.57. The van der Waals surface area contributed by atoms with E-state index in [1.807, 2.05) is 6.07 Å². The van der Waals surface area contributed by atoms with Gasteiger partial charge in [-0.1, -0.05) is 43.7 Å². The highest BCUT2D eigenvalue weighted by molar-refractivity contribution is 6.29. The van der Waals surface area contributed by atoms with E-state index >= 15 is 0 Å². The zero-order chi connectivity index (χ0) is 11.7. The van der Waals surface area contributed by atoms with Crippen LogP contribution < -0.4 is 0 Å². The Bertz CT molecular complexity index is 516. The third kappa shape index (κ3) is 2.27. The van der Waals surface area contributed by atoms with Gasteiger partial charge in [0.25, 0.3) is 0 Å². The van der Waals surface area contributed by atoms with Crippen molar-refractivity contribution in [1.82, 2.24) is 19.8 Å². The van der Waals surface area contributed by atoms with Gasteiger partial charge in [0, 0.05) is 6.42 Å². The van der Waals surface area contributed by atoms with Crippen LogP contribution in [0.15, 0.2) is 12.1 Å². The molecule has 0 unspecified atom stereocenters. The lowest BCUT2D eigenvalue weighted by Gasteiger charge is -2.20. The van der Waals surface area contributed by atoms with Crippen molar-refractivity contribution < 1.29 is 0 Å². The molecule has 2 heterocycles. The van der Waals surface area contributed by atoms with Crippen molar-refractivity contribution in [2.45, 2.75) is 38.5 Å². The van der Waals surface area contributed by atoms with Crippen LogP contribution in [0.25, 0.3) is 5.65 Å². The molecule has 0 saturated heterocycles. The van der Waals surface area contributed by atoms with Crippen LogP contribution >= 0.6 is 11.6 Å². The molecule has 1 fully saturated rings. The molecule has 1 saturated carbocycles. The second-order valence-electron chi connectivity index (χ2n) is 4.75. The van der Waals surface area contributed by atoms with Crippen molar-refractivity contribution in [2.24, 2.45) is 5.92 Å². The predicted octanol–water partition coefficient (Wildman–Crippen LogP) is 2.90. The first-order valence-electron chi connectivity index (χ1n) is 6.20. The maximum Gasteiger partial charge on any atom is 0.178 e. The van der Waals surface area contributed by atoms with Gasteiger partial charge in [-0.2, -0.15) is 9.61 Å². The molecule has 1 aliphatic rings. The zero-order valence-corrected chi connectivity index (χ0v) is 10.4. The van der Waals surface area contributed by atoms with Gasteiger partial charge in [0.05, 0.1) is 0 Å². The van der Waals surface area contributed by atoms with Crippen LogP contribution in [0.3, 0.4) is 0 Å². The fourth-order valence-electron chi connectivity index (χ4n) is 2.59. The van der Waals surface area contributed by atoms with Crippen molar-refractivity contribution in [3.05, 3.63) is 23.1 Å². The van der Waals surface area contributed by atoms with E-state index in [0.29, 0.717) is 5.15 Å². The van der Waals surface area contributed by atoms with Gasteiger partial charge in [-0.05, 0) is 18.1 Å². The van der Waals surface area contributed by atoms with E-state index in [2.05, 4.69) is 15.3 Å². The van der Waals surface area contributed by atoms with Crippen LogP contribution in [0.1, 0.15) is 37.9 Å². The average Bonchev–Trinajstić information content (AvgIpc) is 2.73. The Balaban J connectivity index is 1.86. The molecular formula is C12H15ClN4. The summed E-state index contributed by atoms with van der Waals surface area (Å²) < 4.78 is 1.77. The smallest absolute Gasteiger partial charge is 0.178 e. The van der Waals surface area contributed by atoms with Gasteiger partial charge in [-0.25, -0.2) is 0 Å². The molecule has 0 aliphatic heterocycles. The SMILES string of the molecule is Clc1ccc2nnc(CC3CCCCC3)n2n1. The molecule has 0 atom stereocenters. The highest BCUT2D eigenvalue weighted by atomic mass is 35.5. The number of aromatic nitrogens is 4. The lowest BCUT2D eigenvalue weighted by atomic mass is 9.87. The largest absolute Gasteiger partial charge is 0.196 e. The lowest BCUT2D eigenvalue weighted by molar-refractivity contribution is 0.349. The summed E-state index contributed by atoms with van der Waals surface area (Å²) in [5.74, 6) is 1.67. The fourth-order valence-corrected chi connectivity index (χ4v) is 2.73. The van der Waals surface area contributed by atoms with Crippen molar-refractivity contribution in [3.8, 4) is 0 Å². The summed E-state index contributed by atoms with van der Waals surface area (Å²) in [5.41, 5.74) is 0.778. The van der Waals surface area contributed by atoms with Crippen molar-refractivity contribution in [1.29, 1.82) is 0 Å². The van der Waals surface area contributed by atoms with Crippen LogP contribution in [-0.2, 0) is 6.42 Å². The predicted molar refractivity (Wildman–Crippen MR) is 66.1 cm³/mol. The minimum absolute atomic E-state index is 0.488. The van der Waals surface area contributed by atoms with E-state index in [-0.39, 0.29) is 0 Å². The summed E-state index contributed by atoms with van der Waals surface area (Å²) in [7, 11) is 0.